The summed E-state index contributed by atoms with van der Waals surface area (Å²) >= 11 is 5.33. The molecule has 1 N–H and O–H groups in total. The van der Waals surface area contributed by atoms with E-state index < -0.39 is 0 Å². The molecule has 0 saturated carbocycles. The number of hydrogen-bond acceptors (Lipinski definition) is 2. The molecule has 2 rings (SSSR count). The van der Waals surface area contributed by atoms with Crippen LogP contribution in [0.5, 0.6) is 0 Å². The number of halogens is 1. The highest BCUT2D eigenvalue weighted by Gasteiger charge is 2.09. The van der Waals surface area contributed by atoms with Crippen molar-refractivity contribution in [2.45, 2.75) is 13.5 Å². The maximum absolute atomic E-state index is 3.60. The topological polar surface area (TPSA) is 12.0 Å². The van der Waals surface area contributed by atoms with E-state index in [1.165, 1.54) is 26.7 Å². The molecule has 2 aromatic rings. The van der Waals surface area contributed by atoms with Crippen LogP contribution in [-0.2, 0) is 6.54 Å². The average Bonchev–Trinajstić information content (AvgIpc) is 2.67. The monoisotopic (exact) mass is 295 g/mol. The quantitative estimate of drug-likeness (QED) is 0.895. The summed E-state index contributed by atoms with van der Waals surface area (Å²) in [5, 5.41) is 7.53. The Kier molecular flexibility index (Phi) is 3.79. The molecule has 1 nitrogen and oxygen atoms in total. The molecule has 3 heteroatoms. The van der Waals surface area contributed by atoms with Gasteiger partial charge in [0.2, 0.25) is 0 Å². The summed E-state index contributed by atoms with van der Waals surface area (Å²) in [6.45, 7) is 3.03. The standard InChI is InChI=1S/C13H14BrNS/c1-9-3-4-10(6-15-2)11(5-9)12-7-16-8-13(12)14/h3-5,7-8,15H,6H2,1-2H3. The summed E-state index contributed by atoms with van der Waals surface area (Å²) in [7, 11) is 1.98. The number of aryl methyl sites for hydroxylation is 1. The van der Waals surface area contributed by atoms with Crippen LogP contribution in [0, 0.1) is 6.92 Å². The first-order valence-electron chi connectivity index (χ1n) is 5.18. The summed E-state index contributed by atoms with van der Waals surface area (Å²) in [5.41, 5.74) is 5.25. The van der Waals surface area contributed by atoms with E-state index in [-0.39, 0.29) is 0 Å². The highest BCUT2D eigenvalue weighted by molar-refractivity contribution is 9.10. The third-order valence-electron chi connectivity index (χ3n) is 2.54. The van der Waals surface area contributed by atoms with E-state index in [0.29, 0.717) is 0 Å². The lowest BCUT2D eigenvalue weighted by Crippen LogP contribution is -2.06. The molecule has 0 fully saturated rings. The Hall–Kier alpha value is -0.640. The molecule has 1 heterocycles. The van der Waals surface area contributed by atoms with E-state index in [9.17, 15) is 0 Å². The Morgan fingerprint density at radius 3 is 2.69 bits per heavy atom. The van der Waals surface area contributed by atoms with Crippen LogP contribution >= 0.6 is 27.3 Å². The molecule has 16 heavy (non-hydrogen) atoms. The van der Waals surface area contributed by atoms with Gasteiger partial charge in [0.05, 0.1) is 0 Å². The third kappa shape index (κ3) is 2.37. The fourth-order valence-corrected chi connectivity index (χ4v) is 3.27. The summed E-state index contributed by atoms with van der Waals surface area (Å²) < 4.78 is 1.18. The molecule has 84 valence electrons. The molecular weight excluding hydrogens is 282 g/mol. The van der Waals surface area contributed by atoms with Gasteiger partial charge < -0.3 is 5.32 Å². The van der Waals surface area contributed by atoms with Crippen molar-refractivity contribution in [3.63, 3.8) is 0 Å². The number of benzene rings is 1. The smallest absolute Gasteiger partial charge is 0.0360 e. The van der Waals surface area contributed by atoms with Crippen LogP contribution in [0.3, 0.4) is 0 Å². The van der Waals surface area contributed by atoms with E-state index in [2.05, 4.69) is 57.1 Å². The molecule has 0 aliphatic rings. The molecule has 0 saturated heterocycles. The van der Waals surface area contributed by atoms with Crippen LogP contribution in [0.25, 0.3) is 11.1 Å². The van der Waals surface area contributed by atoms with Crippen molar-refractivity contribution in [2.75, 3.05) is 7.05 Å². The predicted molar refractivity (Wildman–Crippen MR) is 75.0 cm³/mol. The molecule has 0 spiro atoms. The van der Waals surface area contributed by atoms with Gasteiger partial charge in [0.15, 0.2) is 0 Å². The molecule has 0 aliphatic heterocycles. The van der Waals surface area contributed by atoms with Crippen molar-refractivity contribution in [1.29, 1.82) is 0 Å². The fourth-order valence-electron chi connectivity index (χ4n) is 1.76. The van der Waals surface area contributed by atoms with Crippen molar-refractivity contribution >= 4 is 27.3 Å². The number of thiophene rings is 1. The summed E-state index contributed by atoms with van der Waals surface area (Å²) in [4.78, 5) is 0. The van der Waals surface area contributed by atoms with Gasteiger partial charge in [-0.15, -0.1) is 0 Å². The molecule has 1 aromatic carbocycles. The second-order valence-corrected chi connectivity index (χ2v) is 5.42. The molecule has 0 bridgehead atoms. The molecular formula is C13H14BrNS. The van der Waals surface area contributed by atoms with Crippen LogP contribution in [0.1, 0.15) is 11.1 Å². The predicted octanol–water partition coefficient (Wildman–Crippen LogP) is 4.21. The SMILES string of the molecule is CNCc1ccc(C)cc1-c1cscc1Br. The summed E-state index contributed by atoms with van der Waals surface area (Å²) in [6.07, 6.45) is 0. The first kappa shape index (κ1) is 11.8. The fraction of sp³-hybridized carbons (Fsp3) is 0.231. The Labute approximate surface area is 109 Å². The van der Waals surface area contributed by atoms with Crippen LogP contribution in [0.4, 0.5) is 0 Å². The lowest BCUT2D eigenvalue weighted by atomic mass is 10.00. The van der Waals surface area contributed by atoms with Crippen molar-refractivity contribution in [2.24, 2.45) is 0 Å². The van der Waals surface area contributed by atoms with E-state index in [0.717, 1.165) is 6.54 Å². The lowest BCUT2D eigenvalue weighted by Gasteiger charge is -2.09. The summed E-state index contributed by atoms with van der Waals surface area (Å²) in [5.74, 6) is 0. The van der Waals surface area contributed by atoms with Crippen molar-refractivity contribution in [3.8, 4) is 11.1 Å². The van der Waals surface area contributed by atoms with Gasteiger partial charge in [-0.3, -0.25) is 0 Å². The number of rotatable bonds is 3. The first-order valence-corrected chi connectivity index (χ1v) is 6.92. The third-order valence-corrected chi connectivity index (χ3v) is 4.24. The van der Waals surface area contributed by atoms with E-state index in [1.807, 2.05) is 7.05 Å². The average molecular weight is 296 g/mol. The van der Waals surface area contributed by atoms with Gasteiger partial charge in [-0.2, -0.15) is 11.3 Å². The molecule has 0 radical (unpaired) electrons. The second kappa shape index (κ2) is 5.13. The summed E-state index contributed by atoms with van der Waals surface area (Å²) in [6, 6.07) is 6.61. The van der Waals surface area contributed by atoms with E-state index in [4.69, 9.17) is 0 Å². The molecule has 0 unspecified atom stereocenters. The van der Waals surface area contributed by atoms with Crippen molar-refractivity contribution < 1.29 is 0 Å². The zero-order chi connectivity index (χ0) is 11.5. The van der Waals surface area contributed by atoms with E-state index >= 15 is 0 Å². The second-order valence-electron chi connectivity index (χ2n) is 3.82. The van der Waals surface area contributed by atoms with Gasteiger partial charge in [0.1, 0.15) is 0 Å². The maximum Gasteiger partial charge on any atom is 0.0360 e. The van der Waals surface area contributed by atoms with Gasteiger partial charge in [0, 0.05) is 22.0 Å². The van der Waals surface area contributed by atoms with Gasteiger partial charge in [-0.1, -0.05) is 23.8 Å². The zero-order valence-corrected chi connectivity index (χ0v) is 11.8. The zero-order valence-electron chi connectivity index (χ0n) is 9.38. The molecule has 0 aliphatic carbocycles. The lowest BCUT2D eigenvalue weighted by molar-refractivity contribution is 0.819. The minimum atomic E-state index is 0.901. The van der Waals surface area contributed by atoms with Crippen molar-refractivity contribution in [1.82, 2.24) is 5.32 Å². The van der Waals surface area contributed by atoms with Gasteiger partial charge in [-0.05, 0) is 46.4 Å². The van der Waals surface area contributed by atoms with E-state index in [1.54, 1.807) is 11.3 Å². The molecule has 1 aromatic heterocycles. The minimum absolute atomic E-state index is 0.901. The Morgan fingerprint density at radius 1 is 1.25 bits per heavy atom. The molecule has 0 atom stereocenters. The normalized spacial score (nSPS) is 10.7. The number of hydrogen-bond donors (Lipinski definition) is 1. The molecule has 0 amide bonds. The van der Waals surface area contributed by atoms with Crippen LogP contribution in [0.2, 0.25) is 0 Å². The highest BCUT2D eigenvalue weighted by atomic mass is 79.9. The van der Waals surface area contributed by atoms with Crippen LogP contribution < -0.4 is 5.32 Å². The first-order chi connectivity index (χ1) is 7.72. The van der Waals surface area contributed by atoms with Gasteiger partial charge in [0.25, 0.3) is 0 Å². The van der Waals surface area contributed by atoms with Gasteiger partial charge in [-0.25, -0.2) is 0 Å². The van der Waals surface area contributed by atoms with Crippen LogP contribution in [0.15, 0.2) is 33.4 Å². The van der Waals surface area contributed by atoms with Crippen LogP contribution in [-0.4, -0.2) is 7.05 Å². The van der Waals surface area contributed by atoms with Crippen molar-refractivity contribution in [3.05, 3.63) is 44.6 Å². The largest absolute Gasteiger partial charge is 0.316 e. The highest BCUT2D eigenvalue weighted by Crippen LogP contribution is 2.34. The Morgan fingerprint density at radius 2 is 2.06 bits per heavy atom. The minimum Gasteiger partial charge on any atom is -0.316 e. The Bertz CT molecular complexity index is 490. The maximum atomic E-state index is 3.60. The Balaban J connectivity index is 2.53. The number of nitrogens with one attached hydrogen (secondary N) is 1. The van der Waals surface area contributed by atoms with Gasteiger partial charge >= 0.3 is 0 Å².